The van der Waals surface area contributed by atoms with Gasteiger partial charge in [0.2, 0.25) is 0 Å². The minimum absolute atomic E-state index is 0.481. The van der Waals surface area contributed by atoms with Gasteiger partial charge in [-0.3, -0.25) is 0 Å². The smallest absolute Gasteiger partial charge is 0.131 e. The topological polar surface area (TPSA) is 47.3 Å². The molecule has 0 aliphatic rings. The maximum atomic E-state index is 5.61. The van der Waals surface area contributed by atoms with E-state index in [0.717, 1.165) is 30.1 Å². The van der Waals surface area contributed by atoms with Crippen molar-refractivity contribution in [2.45, 2.75) is 26.6 Å². The highest BCUT2D eigenvalue weighted by Gasteiger charge is 2.03. The molecule has 0 unspecified atom stereocenters. The lowest BCUT2D eigenvalue weighted by Gasteiger charge is -2.10. The fourth-order valence-corrected chi connectivity index (χ4v) is 1.61. The Morgan fingerprint density at radius 3 is 3.00 bits per heavy atom. The molecule has 0 radical (unpaired) electrons. The Hall–Kier alpha value is -1.81. The molecule has 2 aromatic heterocycles. The number of nitrogens with one attached hydrogen (secondary N) is 1. The van der Waals surface area contributed by atoms with Crippen molar-refractivity contribution >= 4 is 5.82 Å². The molecule has 0 atom stereocenters. The summed E-state index contributed by atoms with van der Waals surface area (Å²) in [5.41, 5.74) is 1.07. The van der Waals surface area contributed by atoms with Crippen molar-refractivity contribution in [3.8, 4) is 0 Å². The monoisotopic (exact) mass is 246 g/mol. The van der Waals surface area contributed by atoms with Gasteiger partial charge in [0.25, 0.3) is 0 Å². The van der Waals surface area contributed by atoms with Crippen LogP contribution in [-0.2, 0) is 18.0 Å². The van der Waals surface area contributed by atoms with E-state index in [2.05, 4.69) is 17.2 Å². The Labute approximate surface area is 107 Å². The third-order valence-corrected chi connectivity index (χ3v) is 2.52. The van der Waals surface area contributed by atoms with Gasteiger partial charge in [-0.1, -0.05) is 13.0 Å². The number of anilines is 1. The number of hydrogen-bond donors (Lipinski definition) is 1. The van der Waals surface area contributed by atoms with Crippen molar-refractivity contribution in [1.29, 1.82) is 0 Å². The van der Waals surface area contributed by atoms with Crippen molar-refractivity contribution in [3.05, 3.63) is 48.0 Å². The highest BCUT2D eigenvalue weighted by molar-refractivity contribution is 5.43. The van der Waals surface area contributed by atoms with E-state index in [4.69, 9.17) is 9.15 Å². The molecule has 18 heavy (non-hydrogen) atoms. The first-order valence-electron chi connectivity index (χ1n) is 6.18. The summed E-state index contributed by atoms with van der Waals surface area (Å²) in [5, 5.41) is 3.29. The van der Waals surface area contributed by atoms with Gasteiger partial charge in [0, 0.05) is 18.3 Å². The van der Waals surface area contributed by atoms with E-state index in [9.17, 15) is 0 Å². The van der Waals surface area contributed by atoms with Gasteiger partial charge in [0.1, 0.15) is 18.2 Å². The minimum atomic E-state index is 0.481. The van der Waals surface area contributed by atoms with Crippen molar-refractivity contribution in [1.82, 2.24) is 4.98 Å². The number of furan rings is 1. The highest BCUT2D eigenvalue weighted by Crippen LogP contribution is 2.13. The minimum Gasteiger partial charge on any atom is -0.467 e. The van der Waals surface area contributed by atoms with Crippen LogP contribution in [0.2, 0.25) is 0 Å². The number of hydrogen-bond acceptors (Lipinski definition) is 4. The first kappa shape index (κ1) is 12.6. The fraction of sp³-hybridized carbons (Fsp3) is 0.357. The number of rotatable bonds is 7. The Bertz CT molecular complexity index is 455. The first-order valence-corrected chi connectivity index (χ1v) is 6.18. The quantitative estimate of drug-likeness (QED) is 0.815. The SMILES string of the molecule is CCCNc1ncccc1COCc1ccco1. The Kier molecular flexibility index (Phi) is 4.78. The zero-order valence-corrected chi connectivity index (χ0v) is 10.6. The lowest BCUT2D eigenvalue weighted by atomic mass is 10.2. The van der Waals surface area contributed by atoms with Gasteiger partial charge in [0.05, 0.1) is 12.9 Å². The molecule has 4 nitrogen and oxygen atoms in total. The van der Waals surface area contributed by atoms with Crippen LogP contribution in [0, 0.1) is 0 Å². The van der Waals surface area contributed by atoms with E-state index >= 15 is 0 Å². The maximum absolute atomic E-state index is 5.61. The lowest BCUT2D eigenvalue weighted by Crippen LogP contribution is -2.06. The Morgan fingerprint density at radius 1 is 1.28 bits per heavy atom. The molecular formula is C14H18N2O2. The van der Waals surface area contributed by atoms with Gasteiger partial charge in [-0.2, -0.15) is 0 Å². The van der Waals surface area contributed by atoms with E-state index in [-0.39, 0.29) is 0 Å². The van der Waals surface area contributed by atoms with Gasteiger partial charge < -0.3 is 14.5 Å². The Morgan fingerprint density at radius 2 is 2.22 bits per heavy atom. The van der Waals surface area contributed by atoms with E-state index in [0.29, 0.717) is 13.2 Å². The summed E-state index contributed by atoms with van der Waals surface area (Å²) >= 11 is 0. The Balaban J connectivity index is 1.87. The molecule has 1 N–H and O–H groups in total. The molecule has 4 heteroatoms. The van der Waals surface area contributed by atoms with E-state index in [1.807, 2.05) is 24.3 Å². The van der Waals surface area contributed by atoms with E-state index < -0.39 is 0 Å². The summed E-state index contributed by atoms with van der Waals surface area (Å²) in [6, 6.07) is 7.70. The van der Waals surface area contributed by atoms with Crippen LogP contribution in [0.1, 0.15) is 24.7 Å². The van der Waals surface area contributed by atoms with E-state index in [1.165, 1.54) is 0 Å². The summed E-state index contributed by atoms with van der Waals surface area (Å²) in [5.74, 6) is 1.74. The molecule has 2 aromatic rings. The zero-order chi connectivity index (χ0) is 12.6. The molecule has 2 heterocycles. The van der Waals surface area contributed by atoms with Crippen LogP contribution >= 0.6 is 0 Å². The van der Waals surface area contributed by atoms with Crippen LogP contribution in [0.4, 0.5) is 5.82 Å². The molecule has 0 aliphatic heterocycles. The van der Waals surface area contributed by atoms with Crippen molar-refractivity contribution < 1.29 is 9.15 Å². The molecule has 0 saturated carbocycles. The van der Waals surface area contributed by atoms with E-state index in [1.54, 1.807) is 12.5 Å². The maximum Gasteiger partial charge on any atom is 0.131 e. The second kappa shape index (κ2) is 6.81. The third kappa shape index (κ3) is 3.60. The van der Waals surface area contributed by atoms with Crippen LogP contribution in [0.25, 0.3) is 0 Å². The molecular weight excluding hydrogens is 228 g/mol. The predicted octanol–water partition coefficient (Wildman–Crippen LogP) is 3.21. The van der Waals surface area contributed by atoms with Gasteiger partial charge in [-0.05, 0) is 24.6 Å². The van der Waals surface area contributed by atoms with Crippen LogP contribution in [-0.4, -0.2) is 11.5 Å². The average Bonchev–Trinajstić information content (AvgIpc) is 2.91. The predicted molar refractivity (Wildman–Crippen MR) is 70.2 cm³/mol. The molecule has 0 amide bonds. The van der Waals surface area contributed by atoms with Gasteiger partial charge >= 0.3 is 0 Å². The second-order valence-electron chi connectivity index (χ2n) is 4.01. The third-order valence-electron chi connectivity index (χ3n) is 2.52. The fourth-order valence-electron chi connectivity index (χ4n) is 1.61. The number of pyridine rings is 1. The van der Waals surface area contributed by atoms with Crippen LogP contribution in [0.15, 0.2) is 41.1 Å². The average molecular weight is 246 g/mol. The molecule has 2 rings (SSSR count). The van der Waals surface area contributed by atoms with Crippen LogP contribution in [0.5, 0.6) is 0 Å². The second-order valence-corrected chi connectivity index (χ2v) is 4.01. The normalized spacial score (nSPS) is 10.5. The van der Waals surface area contributed by atoms with Gasteiger partial charge in [-0.15, -0.1) is 0 Å². The van der Waals surface area contributed by atoms with Crippen molar-refractivity contribution in [3.63, 3.8) is 0 Å². The number of nitrogens with zero attached hydrogens (tertiary/aromatic N) is 1. The lowest BCUT2D eigenvalue weighted by molar-refractivity contribution is 0.0931. The number of ether oxygens (including phenoxy) is 1. The standard InChI is InChI=1S/C14H18N2O2/c1-2-7-15-14-12(5-3-8-16-14)10-17-11-13-6-4-9-18-13/h3-6,8-9H,2,7,10-11H2,1H3,(H,15,16). The summed E-state index contributed by atoms with van der Waals surface area (Å²) in [7, 11) is 0. The molecule has 0 fully saturated rings. The zero-order valence-electron chi connectivity index (χ0n) is 10.6. The molecule has 0 aliphatic carbocycles. The summed E-state index contributed by atoms with van der Waals surface area (Å²) in [6.07, 6.45) is 4.51. The molecule has 0 spiro atoms. The summed E-state index contributed by atoms with van der Waals surface area (Å²) in [4.78, 5) is 4.32. The molecule has 0 saturated heterocycles. The van der Waals surface area contributed by atoms with Gasteiger partial charge in [0.15, 0.2) is 0 Å². The summed E-state index contributed by atoms with van der Waals surface area (Å²) < 4.78 is 10.8. The molecule has 96 valence electrons. The first-order chi connectivity index (χ1) is 8.90. The molecule has 0 aromatic carbocycles. The van der Waals surface area contributed by atoms with Crippen molar-refractivity contribution in [2.24, 2.45) is 0 Å². The van der Waals surface area contributed by atoms with Crippen LogP contribution < -0.4 is 5.32 Å². The van der Waals surface area contributed by atoms with Crippen molar-refractivity contribution in [2.75, 3.05) is 11.9 Å². The van der Waals surface area contributed by atoms with Gasteiger partial charge in [-0.25, -0.2) is 4.98 Å². The molecule has 0 bridgehead atoms. The highest BCUT2D eigenvalue weighted by atomic mass is 16.5. The van der Waals surface area contributed by atoms with Crippen LogP contribution in [0.3, 0.4) is 0 Å². The largest absolute Gasteiger partial charge is 0.467 e. The summed E-state index contributed by atoms with van der Waals surface area (Å²) in [6.45, 7) is 4.06. The number of aromatic nitrogens is 1.